The summed E-state index contributed by atoms with van der Waals surface area (Å²) >= 11 is 3.02. The average Bonchev–Trinajstić information content (AvgIpc) is 2.43. The Morgan fingerprint density at radius 1 is 1.43 bits per heavy atom. The molecule has 0 aliphatic rings. The number of nitrogens with two attached hydrogens (primary N) is 1. The molecule has 0 aliphatic heterocycles. The Morgan fingerprint density at radius 2 is 2.05 bits per heavy atom. The lowest BCUT2D eigenvalue weighted by Crippen LogP contribution is -2.41. The van der Waals surface area contributed by atoms with E-state index in [9.17, 15) is 18.7 Å². The largest absolute Gasteiger partial charge is 0.503 e. The second-order valence-electron chi connectivity index (χ2n) is 4.10. The highest BCUT2D eigenvalue weighted by atomic mass is 79.9. The predicted molar refractivity (Wildman–Crippen MR) is 75.5 cm³/mol. The van der Waals surface area contributed by atoms with Crippen LogP contribution in [0.1, 0.15) is 25.5 Å². The van der Waals surface area contributed by atoms with Crippen molar-refractivity contribution < 1.29 is 28.2 Å². The number of carbonyl (C=O) groups excluding carboxylic acids is 1. The lowest BCUT2D eigenvalue weighted by atomic mass is 10.0. The molecule has 0 aromatic heterocycles. The smallest absolute Gasteiger partial charge is 0.379 e. The van der Waals surface area contributed by atoms with Gasteiger partial charge in [0.05, 0.1) is 17.7 Å². The first kappa shape index (κ1) is 17.6. The number of benzene rings is 1. The summed E-state index contributed by atoms with van der Waals surface area (Å²) in [7, 11) is 0. The lowest BCUT2D eigenvalue weighted by Gasteiger charge is -2.22. The number of rotatable bonds is 6. The van der Waals surface area contributed by atoms with Gasteiger partial charge in [-0.2, -0.15) is 8.78 Å². The van der Waals surface area contributed by atoms with Gasteiger partial charge < -0.3 is 20.3 Å². The Morgan fingerprint density at radius 3 is 2.57 bits per heavy atom. The highest BCUT2D eigenvalue weighted by molar-refractivity contribution is 9.10. The molecule has 8 heteroatoms. The van der Waals surface area contributed by atoms with E-state index < -0.39 is 17.9 Å². The summed E-state index contributed by atoms with van der Waals surface area (Å²) < 4.78 is 37.4. The van der Waals surface area contributed by atoms with Crippen molar-refractivity contribution in [3.05, 3.63) is 22.2 Å². The van der Waals surface area contributed by atoms with Gasteiger partial charge in [0.2, 0.25) is 0 Å². The zero-order chi connectivity index (χ0) is 16.2. The van der Waals surface area contributed by atoms with Crippen LogP contribution in [-0.2, 0) is 9.53 Å². The molecule has 0 fully saturated rings. The van der Waals surface area contributed by atoms with E-state index in [2.05, 4.69) is 20.7 Å². The number of ether oxygens (including phenoxy) is 2. The van der Waals surface area contributed by atoms with Gasteiger partial charge in [-0.05, 0) is 47.5 Å². The summed E-state index contributed by atoms with van der Waals surface area (Å²) in [6, 6.07) is 0.449. The molecule has 0 spiro atoms. The zero-order valence-electron chi connectivity index (χ0n) is 11.5. The molecule has 0 saturated carbocycles. The molecule has 1 atom stereocenters. The maximum Gasteiger partial charge on any atom is 0.379 e. The monoisotopic (exact) mass is 367 g/mol. The molecule has 0 radical (unpaired) electrons. The summed E-state index contributed by atoms with van der Waals surface area (Å²) in [5.41, 5.74) is 5.41. The van der Waals surface area contributed by atoms with E-state index in [-0.39, 0.29) is 34.7 Å². The van der Waals surface area contributed by atoms with Gasteiger partial charge in [-0.3, -0.25) is 0 Å². The quantitative estimate of drug-likeness (QED) is 0.755. The molecule has 21 heavy (non-hydrogen) atoms. The van der Waals surface area contributed by atoms with Crippen LogP contribution in [0.3, 0.4) is 0 Å². The standard InChI is InChI=1S/C13H16BrF2NO4/c1-3-20-9-6-7(5-8(14)10(9)18)11(17)13(15,16)12(19)21-4-2/h5-6,11,18H,3-4,17H2,1-2H3/t11-/m0/s1. The Labute approximate surface area is 129 Å². The van der Waals surface area contributed by atoms with Gasteiger partial charge in [0.25, 0.3) is 0 Å². The molecule has 1 aromatic rings. The van der Waals surface area contributed by atoms with E-state index in [1.807, 2.05) is 0 Å². The Balaban J connectivity index is 3.17. The Bertz CT molecular complexity index is 525. The Kier molecular flexibility index (Phi) is 5.91. The second kappa shape index (κ2) is 7.04. The first-order valence-corrected chi connectivity index (χ1v) is 7.00. The lowest BCUT2D eigenvalue weighted by molar-refractivity contribution is -0.174. The van der Waals surface area contributed by atoms with Gasteiger partial charge in [-0.25, -0.2) is 4.79 Å². The number of phenolic OH excluding ortho intramolecular Hbond substituents is 1. The van der Waals surface area contributed by atoms with Crippen molar-refractivity contribution in [2.45, 2.75) is 25.8 Å². The van der Waals surface area contributed by atoms with Crippen molar-refractivity contribution in [3.8, 4) is 11.5 Å². The van der Waals surface area contributed by atoms with Gasteiger partial charge in [-0.1, -0.05) is 0 Å². The molecule has 0 unspecified atom stereocenters. The van der Waals surface area contributed by atoms with Crippen LogP contribution in [-0.4, -0.2) is 30.2 Å². The van der Waals surface area contributed by atoms with Crippen molar-refractivity contribution >= 4 is 21.9 Å². The van der Waals surface area contributed by atoms with E-state index >= 15 is 0 Å². The third-order valence-electron chi connectivity index (χ3n) is 2.65. The second-order valence-corrected chi connectivity index (χ2v) is 4.96. The predicted octanol–water partition coefficient (Wildman–Crippen LogP) is 2.75. The average molecular weight is 368 g/mol. The molecule has 1 aromatic carbocycles. The molecule has 1 rings (SSSR count). The molecule has 118 valence electrons. The number of hydrogen-bond donors (Lipinski definition) is 2. The van der Waals surface area contributed by atoms with Gasteiger partial charge in [0.15, 0.2) is 11.5 Å². The molecule has 0 heterocycles. The number of alkyl halides is 2. The summed E-state index contributed by atoms with van der Waals surface area (Å²) in [5, 5.41) is 9.74. The molecule has 0 saturated heterocycles. The van der Waals surface area contributed by atoms with E-state index in [0.29, 0.717) is 0 Å². The fourth-order valence-electron chi connectivity index (χ4n) is 1.60. The van der Waals surface area contributed by atoms with Gasteiger partial charge >= 0.3 is 11.9 Å². The van der Waals surface area contributed by atoms with Crippen LogP contribution < -0.4 is 10.5 Å². The van der Waals surface area contributed by atoms with Gasteiger partial charge in [0.1, 0.15) is 6.04 Å². The number of hydrogen-bond acceptors (Lipinski definition) is 5. The molecule has 5 nitrogen and oxygen atoms in total. The first-order chi connectivity index (χ1) is 9.75. The molecular weight excluding hydrogens is 352 g/mol. The summed E-state index contributed by atoms with van der Waals surface area (Å²) in [6.07, 6.45) is 0. The highest BCUT2D eigenvalue weighted by Gasteiger charge is 2.48. The molecule has 0 bridgehead atoms. The minimum Gasteiger partial charge on any atom is -0.503 e. The number of aromatic hydroxyl groups is 1. The molecule has 0 amide bonds. The molecule has 3 N–H and O–H groups in total. The number of esters is 1. The minimum atomic E-state index is -3.89. The normalized spacial score (nSPS) is 12.9. The van der Waals surface area contributed by atoms with Crippen LogP contribution in [0.25, 0.3) is 0 Å². The number of phenols is 1. The number of halogens is 3. The maximum absolute atomic E-state index is 13.9. The van der Waals surface area contributed by atoms with Gasteiger partial charge in [0, 0.05) is 0 Å². The van der Waals surface area contributed by atoms with E-state index in [1.165, 1.54) is 19.1 Å². The zero-order valence-corrected chi connectivity index (χ0v) is 13.1. The Hall–Kier alpha value is -1.41. The summed E-state index contributed by atoms with van der Waals surface area (Å²) in [6.45, 7) is 3.15. The van der Waals surface area contributed by atoms with Crippen LogP contribution in [0.15, 0.2) is 16.6 Å². The highest BCUT2D eigenvalue weighted by Crippen LogP contribution is 2.40. The van der Waals surface area contributed by atoms with Crippen molar-refractivity contribution in [1.29, 1.82) is 0 Å². The van der Waals surface area contributed by atoms with E-state index in [4.69, 9.17) is 10.5 Å². The van der Waals surface area contributed by atoms with Crippen LogP contribution in [0.4, 0.5) is 8.78 Å². The fourth-order valence-corrected chi connectivity index (χ4v) is 2.06. The van der Waals surface area contributed by atoms with Crippen LogP contribution in [0.2, 0.25) is 0 Å². The van der Waals surface area contributed by atoms with Crippen molar-refractivity contribution in [3.63, 3.8) is 0 Å². The summed E-state index contributed by atoms with van der Waals surface area (Å²) in [5.74, 6) is -5.82. The topological polar surface area (TPSA) is 81.8 Å². The molecule has 0 aliphatic carbocycles. The van der Waals surface area contributed by atoms with Crippen LogP contribution >= 0.6 is 15.9 Å². The third-order valence-corrected chi connectivity index (χ3v) is 3.25. The van der Waals surface area contributed by atoms with Gasteiger partial charge in [-0.15, -0.1) is 0 Å². The summed E-state index contributed by atoms with van der Waals surface area (Å²) in [4.78, 5) is 11.3. The first-order valence-electron chi connectivity index (χ1n) is 6.21. The van der Waals surface area contributed by atoms with Crippen molar-refractivity contribution in [1.82, 2.24) is 0 Å². The fraction of sp³-hybridized carbons (Fsp3) is 0.462. The maximum atomic E-state index is 13.9. The third kappa shape index (κ3) is 3.82. The van der Waals surface area contributed by atoms with E-state index in [0.717, 1.165) is 0 Å². The number of carbonyl (C=O) groups is 1. The molecular formula is C13H16BrF2NO4. The minimum absolute atomic E-state index is 0.00279. The van der Waals surface area contributed by atoms with Crippen LogP contribution in [0.5, 0.6) is 11.5 Å². The van der Waals surface area contributed by atoms with Crippen molar-refractivity contribution in [2.75, 3.05) is 13.2 Å². The SMILES string of the molecule is CCOC(=O)C(F)(F)[C@@H](N)c1cc(Br)c(O)c(OCC)c1. The van der Waals surface area contributed by atoms with Crippen LogP contribution in [0, 0.1) is 0 Å². The van der Waals surface area contributed by atoms with Crippen molar-refractivity contribution in [2.24, 2.45) is 5.73 Å². The van der Waals surface area contributed by atoms with E-state index in [1.54, 1.807) is 6.92 Å².